The molecule has 4 nitrogen and oxygen atoms in total. The van der Waals surface area contributed by atoms with E-state index < -0.39 is 0 Å². The largest absolute Gasteiger partial charge is 0.394 e. The summed E-state index contributed by atoms with van der Waals surface area (Å²) in [4.78, 5) is 11.5. The van der Waals surface area contributed by atoms with Crippen molar-refractivity contribution in [2.75, 3.05) is 13.2 Å². The lowest BCUT2D eigenvalue weighted by Crippen LogP contribution is -2.45. The minimum absolute atomic E-state index is 0.0996. The number of rotatable bonds is 6. The van der Waals surface area contributed by atoms with E-state index in [1.54, 1.807) is 0 Å². The van der Waals surface area contributed by atoms with Crippen molar-refractivity contribution in [2.24, 2.45) is 0 Å². The summed E-state index contributed by atoms with van der Waals surface area (Å²) < 4.78 is 0.696. The molecule has 1 rings (SSSR count). The van der Waals surface area contributed by atoms with E-state index in [1.807, 2.05) is 30.3 Å². The average molecular weight is 313 g/mol. The Bertz CT molecular complexity index is 395. The van der Waals surface area contributed by atoms with Gasteiger partial charge in [-0.05, 0) is 12.0 Å². The molecule has 0 aliphatic heterocycles. The number of aliphatic hydroxyl groups excluding tert-OH is 1. The molecule has 5 heteroatoms. The molecule has 0 saturated carbocycles. The maximum atomic E-state index is 11.5. The van der Waals surface area contributed by atoms with Crippen LogP contribution in [0.4, 0.5) is 4.79 Å². The Morgan fingerprint density at radius 1 is 1.39 bits per heavy atom. The molecule has 98 valence electrons. The highest BCUT2D eigenvalue weighted by Gasteiger charge is 2.11. The second kappa shape index (κ2) is 7.89. The lowest BCUT2D eigenvalue weighted by atomic mass is 10.1. The van der Waals surface area contributed by atoms with Crippen molar-refractivity contribution < 1.29 is 9.90 Å². The first-order chi connectivity index (χ1) is 8.61. The first kappa shape index (κ1) is 14.7. The molecule has 2 amide bonds. The van der Waals surface area contributed by atoms with Crippen LogP contribution < -0.4 is 10.6 Å². The van der Waals surface area contributed by atoms with Gasteiger partial charge in [-0.2, -0.15) is 0 Å². The number of amides is 2. The Morgan fingerprint density at radius 3 is 2.61 bits per heavy atom. The van der Waals surface area contributed by atoms with E-state index in [9.17, 15) is 9.90 Å². The molecule has 0 saturated heterocycles. The molecule has 0 aromatic heterocycles. The fourth-order valence-electron chi connectivity index (χ4n) is 1.47. The van der Waals surface area contributed by atoms with Crippen LogP contribution in [0.3, 0.4) is 0 Å². The number of carbonyl (C=O) groups is 1. The summed E-state index contributed by atoms with van der Waals surface area (Å²) >= 11 is 3.15. The van der Waals surface area contributed by atoms with Gasteiger partial charge in [0.15, 0.2) is 0 Å². The Balaban J connectivity index is 2.42. The quantitative estimate of drug-likeness (QED) is 0.750. The summed E-state index contributed by atoms with van der Waals surface area (Å²) in [6.45, 7) is 3.88. The maximum Gasteiger partial charge on any atom is 0.315 e. The maximum absolute atomic E-state index is 11.5. The van der Waals surface area contributed by atoms with Gasteiger partial charge in [0.1, 0.15) is 0 Å². The van der Waals surface area contributed by atoms with Gasteiger partial charge in [0.2, 0.25) is 0 Å². The normalized spacial score (nSPS) is 11.7. The van der Waals surface area contributed by atoms with Crippen molar-refractivity contribution in [1.82, 2.24) is 10.6 Å². The van der Waals surface area contributed by atoms with E-state index in [2.05, 4.69) is 33.1 Å². The molecule has 0 bridgehead atoms. The molecule has 0 spiro atoms. The molecule has 1 aromatic rings. The van der Waals surface area contributed by atoms with Crippen molar-refractivity contribution >= 4 is 22.0 Å². The number of hydrogen-bond acceptors (Lipinski definition) is 2. The van der Waals surface area contributed by atoms with Crippen molar-refractivity contribution in [2.45, 2.75) is 12.5 Å². The smallest absolute Gasteiger partial charge is 0.315 e. The standard InChI is InChI=1S/C13H17BrN2O2/c1-10(14)8-15-13(18)16-12(9-17)7-11-5-3-2-4-6-11/h2-6,12,17H,1,7-9H2,(H2,15,16,18)/t12-/m0/s1. The van der Waals surface area contributed by atoms with Gasteiger partial charge in [-0.3, -0.25) is 0 Å². The first-order valence-electron chi connectivity index (χ1n) is 5.64. The SMILES string of the molecule is C=C(Br)CNC(=O)N[C@H](CO)Cc1ccccc1. The van der Waals surface area contributed by atoms with E-state index in [0.29, 0.717) is 17.4 Å². The topological polar surface area (TPSA) is 61.4 Å². The molecule has 0 unspecified atom stereocenters. The third-order valence-electron chi connectivity index (χ3n) is 2.32. The predicted molar refractivity (Wildman–Crippen MR) is 75.6 cm³/mol. The summed E-state index contributed by atoms with van der Waals surface area (Å²) in [5, 5.41) is 14.6. The molecular formula is C13H17BrN2O2. The van der Waals surface area contributed by atoms with Crippen LogP contribution in [0, 0.1) is 0 Å². The number of halogens is 1. The van der Waals surface area contributed by atoms with Gasteiger partial charge >= 0.3 is 6.03 Å². The number of urea groups is 1. The second-order valence-electron chi connectivity index (χ2n) is 3.91. The molecule has 0 heterocycles. The summed E-state index contributed by atoms with van der Waals surface area (Å²) in [5.74, 6) is 0. The fourth-order valence-corrected chi connectivity index (χ4v) is 1.61. The van der Waals surface area contributed by atoms with Crippen LogP contribution in [0.5, 0.6) is 0 Å². The van der Waals surface area contributed by atoms with Crippen LogP contribution in [-0.4, -0.2) is 30.3 Å². The second-order valence-corrected chi connectivity index (χ2v) is 5.03. The van der Waals surface area contributed by atoms with Crippen LogP contribution in [-0.2, 0) is 6.42 Å². The molecule has 0 aliphatic carbocycles. The zero-order valence-corrected chi connectivity index (χ0v) is 11.6. The van der Waals surface area contributed by atoms with E-state index in [1.165, 1.54) is 0 Å². The Hall–Kier alpha value is -1.33. The Labute approximate surface area is 115 Å². The van der Waals surface area contributed by atoms with Gasteiger partial charge in [0.25, 0.3) is 0 Å². The molecule has 0 aliphatic rings. The summed E-state index contributed by atoms with van der Waals surface area (Å²) in [5.41, 5.74) is 1.07. The molecule has 0 radical (unpaired) electrons. The summed E-state index contributed by atoms with van der Waals surface area (Å²) in [6.07, 6.45) is 0.597. The van der Waals surface area contributed by atoms with Gasteiger partial charge in [-0.1, -0.05) is 52.8 Å². The fraction of sp³-hybridized carbons (Fsp3) is 0.308. The first-order valence-corrected chi connectivity index (χ1v) is 6.43. The van der Waals surface area contributed by atoms with E-state index >= 15 is 0 Å². The van der Waals surface area contributed by atoms with Gasteiger partial charge < -0.3 is 15.7 Å². The molecule has 0 fully saturated rings. The van der Waals surface area contributed by atoms with E-state index in [0.717, 1.165) is 5.56 Å². The van der Waals surface area contributed by atoms with Crippen molar-refractivity contribution in [3.8, 4) is 0 Å². The molecule has 3 N–H and O–H groups in total. The van der Waals surface area contributed by atoms with Crippen LogP contribution in [0.1, 0.15) is 5.56 Å². The Morgan fingerprint density at radius 2 is 2.06 bits per heavy atom. The van der Waals surface area contributed by atoms with E-state index in [4.69, 9.17) is 0 Å². The highest BCUT2D eigenvalue weighted by Crippen LogP contribution is 2.03. The van der Waals surface area contributed by atoms with Gasteiger partial charge in [0, 0.05) is 4.48 Å². The number of aliphatic hydroxyl groups is 1. The number of nitrogens with one attached hydrogen (secondary N) is 2. The van der Waals surface area contributed by atoms with E-state index in [-0.39, 0.29) is 18.7 Å². The predicted octanol–water partition coefficient (Wildman–Crippen LogP) is 1.80. The van der Waals surface area contributed by atoms with Crippen molar-refractivity contribution in [3.05, 3.63) is 47.0 Å². The van der Waals surface area contributed by atoms with Crippen molar-refractivity contribution in [1.29, 1.82) is 0 Å². The number of benzene rings is 1. The molecule has 18 heavy (non-hydrogen) atoms. The minimum atomic E-state index is -0.314. The highest BCUT2D eigenvalue weighted by molar-refractivity contribution is 9.11. The van der Waals surface area contributed by atoms with Crippen molar-refractivity contribution in [3.63, 3.8) is 0 Å². The molecule has 1 atom stereocenters. The van der Waals surface area contributed by atoms with Crippen LogP contribution in [0.15, 0.2) is 41.4 Å². The summed E-state index contributed by atoms with van der Waals surface area (Å²) in [7, 11) is 0. The zero-order chi connectivity index (χ0) is 13.4. The van der Waals surface area contributed by atoms with Crippen LogP contribution in [0.25, 0.3) is 0 Å². The highest BCUT2D eigenvalue weighted by atomic mass is 79.9. The zero-order valence-electron chi connectivity index (χ0n) is 10.0. The minimum Gasteiger partial charge on any atom is -0.394 e. The van der Waals surface area contributed by atoms with Crippen LogP contribution >= 0.6 is 15.9 Å². The number of hydrogen-bond donors (Lipinski definition) is 3. The lowest BCUT2D eigenvalue weighted by molar-refractivity contribution is 0.216. The third-order valence-corrected chi connectivity index (χ3v) is 2.60. The lowest BCUT2D eigenvalue weighted by Gasteiger charge is -2.16. The number of carbonyl (C=O) groups excluding carboxylic acids is 1. The summed E-state index contributed by atoms with van der Waals surface area (Å²) in [6, 6.07) is 9.10. The van der Waals surface area contributed by atoms with Gasteiger partial charge in [-0.15, -0.1) is 0 Å². The monoisotopic (exact) mass is 312 g/mol. The van der Waals surface area contributed by atoms with Gasteiger partial charge in [0.05, 0.1) is 19.2 Å². The average Bonchev–Trinajstić information content (AvgIpc) is 2.37. The molecular weight excluding hydrogens is 296 g/mol. The Kier molecular flexibility index (Phi) is 6.46. The van der Waals surface area contributed by atoms with Gasteiger partial charge in [-0.25, -0.2) is 4.79 Å². The third kappa shape index (κ3) is 5.84. The van der Waals surface area contributed by atoms with Crippen LogP contribution in [0.2, 0.25) is 0 Å². The molecule has 1 aromatic carbocycles.